The van der Waals surface area contributed by atoms with E-state index < -0.39 is 0 Å². The second-order valence-corrected chi connectivity index (χ2v) is 7.76. The molecule has 0 aliphatic carbocycles. The lowest BCUT2D eigenvalue weighted by molar-refractivity contribution is 0.0992. The van der Waals surface area contributed by atoms with E-state index in [0.29, 0.717) is 18.2 Å². The van der Waals surface area contributed by atoms with Gasteiger partial charge in [-0.05, 0) is 26.2 Å². The van der Waals surface area contributed by atoms with Gasteiger partial charge in [-0.1, -0.05) is 30.3 Å². The molecule has 3 heterocycles. The molecule has 6 heteroatoms. The molecule has 3 unspecified atom stereocenters. The number of benzene rings is 1. The third-order valence-corrected chi connectivity index (χ3v) is 6.19. The van der Waals surface area contributed by atoms with Gasteiger partial charge in [0, 0.05) is 17.5 Å². The van der Waals surface area contributed by atoms with E-state index in [1.165, 1.54) is 16.9 Å². The van der Waals surface area contributed by atoms with E-state index in [2.05, 4.69) is 34.7 Å². The lowest BCUT2D eigenvalue weighted by atomic mass is 9.96. The Bertz CT molecular complexity index is 758. The van der Waals surface area contributed by atoms with Gasteiger partial charge in [0.1, 0.15) is 5.01 Å². The quantitative estimate of drug-likeness (QED) is 0.653. The highest BCUT2D eigenvalue weighted by atomic mass is 32.1. The summed E-state index contributed by atoms with van der Waals surface area (Å²) in [5.41, 5.74) is 2.25. The van der Waals surface area contributed by atoms with Crippen LogP contribution in [0.3, 0.4) is 0 Å². The lowest BCUT2D eigenvalue weighted by Crippen LogP contribution is -2.47. The maximum Gasteiger partial charge on any atom is 0.191 e. The molecule has 25 heavy (non-hydrogen) atoms. The lowest BCUT2D eigenvalue weighted by Gasteiger charge is -2.22. The van der Waals surface area contributed by atoms with Crippen LogP contribution in [-0.4, -0.2) is 36.2 Å². The van der Waals surface area contributed by atoms with Gasteiger partial charge in [0.05, 0.1) is 30.5 Å². The third-order valence-electron chi connectivity index (χ3n) is 4.98. The van der Waals surface area contributed by atoms with Crippen LogP contribution in [0.15, 0.2) is 35.3 Å². The summed E-state index contributed by atoms with van der Waals surface area (Å²) in [4.78, 5) is 10.3. The van der Waals surface area contributed by atoms with Gasteiger partial charge in [-0.2, -0.15) is 0 Å². The van der Waals surface area contributed by atoms with Gasteiger partial charge in [0.25, 0.3) is 0 Å². The Balaban J connectivity index is 1.38. The largest absolute Gasteiger partial charge is 0.373 e. The summed E-state index contributed by atoms with van der Waals surface area (Å²) >= 11 is 1.74. The second-order valence-electron chi connectivity index (χ2n) is 6.68. The standard InChI is InChI=1S/C19H24N4OS/c1-12-17(25-18(22-12)13-6-4-3-5-7-13)11-21-19(20-2)23-15-10-14-8-9-16(15)24-14/h3-7,14-16H,8-11H2,1-2H3,(H2,20,21,23). The average molecular weight is 356 g/mol. The minimum Gasteiger partial charge on any atom is -0.373 e. The van der Waals surface area contributed by atoms with Crippen molar-refractivity contribution in [1.29, 1.82) is 0 Å². The van der Waals surface area contributed by atoms with Crippen LogP contribution in [0.5, 0.6) is 0 Å². The molecule has 2 aromatic rings. The van der Waals surface area contributed by atoms with E-state index in [4.69, 9.17) is 9.72 Å². The molecule has 2 fully saturated rings. The van der Waals surface area contributed by atoms with Crippen LogP contribution >= 0.6 is 11.3 Å². The van der Waals surface area contributed by atoms with Crippen molar-refractivity contribution in [2.45, 2.75) is 51.0 Å². The van der Waals surface area contributed by atoms with Crippen molar-refractivity contribution in [3.63, 3.8) is 0 Å². The number of guanidine groups is 1. The molecular weight excluding hydrogens is 332 g/mol. The van der Waals surface area contributed by atoms with Gasteiger partial charge in [-0.15, -0.1) is 11.3 Å². The molecule has 3 atom stereocenters. The highest BCUT2D eigenvalue weighted by molar-refractivity contribution is 7.15. The molecule has 2 N–H and O–H groups in total. The van der Waals surface area contributed by atoms with Crippen molar-refractivity contribution in [3.8, 4) is 10.6 Å². The minimum atomic E-state index is 0.346. The number of aryl methyl sites for hydroxylation is 1. The normalized spacial score (nSPS) is 25.4. The molecule has 0 amide bonds. The molecule has 132 valence electrons. The number of ether oxygens (including phenoxy) is 1. The van der Waals surface area contributed by atoms with Crippen LogP contribution in [0.2, 0.25) is 0 Å². The molecule has 0 spiro atoms. The van der Waals surface area contributed by atoms with Crippen LogP contribution in [0.25, 0.3) is 10.6 Å². The topological polar surface area (TPSA) is 58.5 Å². The van der Waals surface area contributed by atoms with Gasteiger partial charge < -0.3 is 15.4 Å². The van der Waals surface area contributed by atoms with E-state index in [0.717, 1.165) is 36.0 Å². The first kappa shape index (κ1) is 16.5. The highest BCUT2D eigenvalue weighted by Gasteiger charge is 2.41. The summed E-state index contributed by atoms with van der Waals surface area (Å²) in [6, 6.07) is 10.7. The Morgan fingerprint density at radius 2 is 2.16 bits per heavy atom. The predicted octanol–water partition coefficient (Wildman–Crippen LogP) is 3.10. The zero-order chi connectivity index (χ0) is 17.2. The molecule has 2 aliphatic heterocycles. The van der Waals surface area contributed by atoms with E-state index in [1.807, 2.05) is 25.2 Å². The highest BCUT2D eigenvalue weighted by Crippen LogP contribution is 2.34. The van der Waals surface area contributed by atoms with Gasteiger partial charge in [-0.3, -0.25) is 4.99 Å². The number of nitrogens with zero attached hydrogens (tertiary/aromatic N) is 2. The number of thiazole rings is 1. The van der Waals surface area contributed by atoms with Crippen LogP contribution in [0.4, 0.5) is 0 Å². The summed E-state index contributed by atoms with van der Waals surface area (Å²) in [6.45, 7) is 2.80. The zero-order valence-electron chi connectivity index (χ0n) is 14.7. The predicted molar refractivity (Wildman–Crippen MR) is 102 cm³/mol. The number of hydrogen-bond acceptors (Lipinski definition) is 4. The Labute approximate surface area is 152 Å². The monoisotopic (exact) mass is 356 g/mol. The van der Waals surface area contributed by atoms with Crippen molar-refractivity contribution in [3.05, 3.63) is 40.9 Å². The van der Waals surface area contributed by atoms with Gasteiger partial charge in [0.2, 0.25) is 0 Å². The molecule has 2 bridgehead atoms. The first-order valence-electron chi connectivity index (χ1n) is 8.87. The fourth-order valence-electron chi connectivity index (χ4n) is 3.62. The molecule has 5 nitrogen and oxygen atoms in total. The summed E-state index contributed by atoms with van der Waals surface area (Å²) in [6.07, 6.45) is 4.24. The van der Waals surface area contributed by atoms with Crippen molar-refractivity contribution >= 4 is 17.3 Å². The fraction of sp³-hybridized carbons (Fsp3) is 0.474. The smallest absolute Gasteiger partial charge is 0.191 e. The number of hydrogen-bond donors (Lipinski definition) is 2. The van der Waals surface area contributed by atoms with Crippen LogP contribution in [-0.2, 0) is 11.3 Å². The Kier molecular flexibility index (Phi) is 4.72. The Morgan fingerprint density at radius 1 is 1.32 bits per heavy atom. The number of aromatic nitrogens is 1. The van der Waals surface area contributed by atoms with Crippen molar-refractivity contribution in [1.82, 2.24) is 15.6 Å². The molecule has 1 aromatic heterocycles. The Morgan fingerprint density at radius 3 is 2.84 bits per heavy atom. The number of aliphatic imine (C=N–C) groups is 1. The number of rotatable bonds is 4. The van der Waals surface area contributed by atoms with Crippen LogP contribution in [0.1, 0.15) is 29.8 Å². The SMILES string of the molecule is CN=C(NCc1sc(-c2ccccc2)nc1C)NC1CC2CCC1O2. The number of fused-ring (bicyclic) bond motifs is 2. The number of nitrogens with one attached hydrogen (secondary N) is 2. The first-order valence-corrected chi connectivity index (χ1v) is 9.69. The van der Waals surface area contributed by atoms with Crippen LogP contribution < -0.4 is 10.6 Å². The molecule has 2 aliphatic rings. The van der Waals surface area contributed by atoms with Crippen molar-refractivity contribution in [2.24, 2.45) is 4.99 Å². The second kappa shape index (κ2) is 7.14. The molecule has 0 radical (unpaired) electrons. The maximum absolute atomic E-state index is 5.91. The summed E-state index contributed by atoms with van der Waals surface area (Å²) in [7, 11) is 1.82. The van der Waals surface area contributed by atoms with Crippen LogP contribution in [0, 0.1) is 6.92 Å². The van der Waals surface area contributed by atoms with E-state index in [-0.39, 0.29) is 0 Å². The Hall–Kier alpha value is -1.92. The van der Waals surface area contributed by atoms with Crippen molar-refractivity contribution < 1.29 is 4.74 Å². The summed E-state index contributed by atoms with van der Waals surface area (Å²) in [5.74, 6) is 0.843. The van der Waals surface area contributed by atoms with E-state index in [1.54, 1.807) is 11.3 Å². The summed E-state index contributed by atoms with van der Waals surface area (Å²) in [5, 5.41) is 8.02. The molecular formula is C19H24N4OS. The summed E-state index contributed by atoms with van der Waals surface area (Å²) < 4.78 is 5.91. The van der Waals surface area contributed by atoms with E-state index >= 15 is 0 Å². The molecule has 2 saturated heterocycles. The van der Waals surface area contributed by atoms with E-state index in [9.17, 15) is 0 Å². The zero-order valence-corrected chi connectivity index (χ0v) is 15.5. The molecule has 4 rings (SSSR count). The van der Waals surface area contributed by atoms with Gasteiger partial charge in [0.15, 0.2) is 5.96 Å². The first-order chi connectivity index (χ1) is 12.2. The maximum atomic E-state index is 5.91. The molecule has 0 saturated carbocycles. The van der Waals surface area contributed by atoms with Crippen molar-refractivity contribution in [2.75, 3.05) is 7.05 Å². The minimum absolute atomic E-state index is 0.346. The van der Waals surface area contributed by atoms with Gasteiger partial charge >= 0.3 is 0 Å². The average Bonchev–Trinajstić information content (AvgIpc) is 3.35. The van der Waals surface area contributed by atoms with Gasteiger partial charge in [-0.25, -0.2) is 4.98 Å². The third kappa shape index (κ3) is 3.55. The molecule has 1 aromatic carbocycles. The fourth-order valence-corrected chi connectivity index (χ4v) is 4.63.